The second kappa shape index (κ2) is 8.18. The van der Waals surface area contributed by atoms with Crippen molar-refractivity contribution in [2.45, 2.75) is 12.8 Å². The molecule has 0 spiro atoms. The van der Waals surface area contributed by atoms with E-state index in [4.69, 9.17) is 4.74 Å². The number of ether oxygens (including phenoxy) is 1. The van der Waals surface area contributed by atoms with Crippen LogP contribution in [-0.2, 0) is 4.74 Å². The van der Waals surface area contributed by atoms with Gasteiger partial charge in [-0.3, -0.25) is 9.78 Å². The van der Waals surface area contributed by atoms with Crippen molar-refractivity contribution in [2.24, 2.45) is 5.92 Å². The van der Waals surface area contributed by atoms with Gasteiger partial charge in [-0.2, -0.15) is 9.78 Å². The summed E-state index contributed by atoms with van der Waals surface area (Å²) >= 11 is 0. The van der Waals surface area contributed by atoms with Gasteiger partial charge in [0, 0.05) is 38.3 Å². The Bertz CT molecular complexity index is 934. The first-order valence-corrected chi connectivity index (χ1v) is 9.22. The molecule has 1 aliphatic heterocycles. The van der Waals surface area contributed by atoms with Gasteiger partial charge in [0.25, 0.3) is 5.91 Å². The normalized spacial score (nSPS) is 14.7. The SMILES string of the molecule is O=C(NCC1CCOCC1)c1ccc(-n2ncc(-c3ccncc3)c2O)nc1. The summed E-state index contributed by atoms with van der Waals surface area (Å²) in [5, 5.41) is 17.7. The van der Waals surface area contributed by atoms with Crippen molar-refractivity contribution in [1.29, 1.82) is 0 Å². The Labute approximate surface area is 162 Å². The number of rotatable bonds is 5. The molecule has 3 aromatic heterocycles. The van der Waals surface area contributed by atoms with Crippen LogP contribution in [0.2, 0.25) is 0 Å². The maximum Gasteiger partial charge on any atom is 0.252 e. The maximum absolute atomic E-state index is 12.3. The summed E-state index contributed by atoms with van der Waals surface area (Å²) < 4.78 is 6.66. The highest BCUT2D eigenvalue weighted by Gasteiger charge is 2.17. The fraction of sp³-hybridized carbons (Fsp3) is 0.300. The molecule has 0 saturated carbocycles. The summed E-state index contributed by atoms with van der Waals surface area (Å²) in [6.07, 6.45) is 8.30. The Kier molecular flexibility index (Phi) is 5.29. The van der Waals surface area contributed by atoms with E-state index in [-0.39, 0.29) is 11.8 Å². The summed E-state index contributed by atoms with van der Waals surface area (Å²) in [7, 11) is 0. The van der Waals surface area contributed by atoms with Crippen LogP contribution >= 0.6 is 0 Å². The molecule has 0 unspecified atom stereocenters. The summed E-state index contributed by atoms with van der Waals surface area (Å²) in [4.78, 5) is 20.6. The van der Waals surface area contributed by atoms with Gasteiger partial charge in [-0.1, -0.05) is 0 Å². The first-order valence-electron chi connectivity index (χ1n) is 9.22. The summed E-state index contributed by atoms with van der Waals surface area (Å²) in [6, 6.07) is 6.92. The molecule has 1 amide bonds. The molecule has 28 heavy (non-hydrogen) atoms. The Morgan fingerprint density at radius 3 is 2.68 bits per heavy atom. The maximum atomic E-state index is 12.3. The molecule has 4 heterocycles. The van der Waals surface area contributed by atoms with E-state index in [0.29, 0.717) is 29.4 Å². The second-order valence-electron chi connectivity index (χ2n) is 6.70. The highest BCUT2D eigenvalue weighted by atomic mass is 16.5. The average molecular weight is 379 g/mol. The topological polar surface area (TPSA) is 102 Å². The van der Waals surface area contributed by atoms with Gasteiger partial charge in [-0.05, 0) is 48.6 Å². The molecular formula is C20H21N5O3. The lowest BCUT2D eigenvalue weighted by molar-refractivity contribution is 0.0642. The summed E-state index contributed by atoms with van der Waals surface area (Å²) in [6.45, 7) is 2.15. The minimum Gasteiger partial charge on any atom is -0.493 e. The van der Waals surface area contributed by atoms with E-state index < -0.39 is 0 Å². The summed E-state index contributed by atoms with van der Waals surface area (Å²) in [5.41, 5.74) is 1.86. The van der Waals surface area contributed by atoms with Gasteiger partial charge in [-0.25, -0.2) is 4.98 Å². The van der Waals surface area contributed by atoms with Crippen molar-refractivity contribution >= 4 is 5.91 Å². The largest absolute Gasteiger partial charge is 0.493 e. The first-order chi connectivity index (χ1) is 13.7. The number of carbonyl (C=O) groups is 1. The third kappa shape index (κ3) is 3.86. The number of nitrogens with one attached hydrogen (secondary N) is 1. The molecule has 4 rings (SSSR count). The molecule has 0 atom stereocenters. The Morgan fingerprint density at radius 2 is 1.96 bits per heavy atom. The van der Waals surface area contributed by atoms with Crippen LogP contribution in [0.3, 0.4) is 0 Å². The number of hydrogen-bond donors (Lipinski definition) is 2. The number of nitrogens with zero attached hydrogens (tertiary/aromatic N) is 4. The average Bonchev–Trinajstić information content (AvgIpc) is 3.15. The minimum absolute atomic E-state index is 0.0181. The lowest BCUT2D eigenvalue weighted by Gasteiger charge is -2.22. The summed E-state index contributed by atoms with van der Waals surface area (Å²) in [5.74, 6) is 0.708. The lowest BCUT2D eigenvalue weighted by atomic mass is 10.0. The molecule has 0 bridgehead atoms. The van der Waals surface area contributed by atoms with E-state index in [9.17, 15) is 9.90 Å². The Morgan fingerprint density at radius 1 is 1.18 bits per heavy atom. The van der Waals surface area contributed by atoms with Crippen molar-refractivity contribution < 1.29 is 14.6 Å². The van der Waals surface area contributed by atoms with E-state index >= 15 is 0 Å². The molecule has 1 aliphatic rings. The van der Waals surface area contributed by atoms with Gasteiger partial charge < -0.3 is 15.2 Å². The van der Waals surface area contributed by atoms with Crippen LogP contribution in [0, 0.1) is 5.92 Å². The molecule has 0 aromatic carbocycles. The zero-order chi connectivity index (χ0) is 19.3. The predicted molar refractivity (Wildman–Crippen MR) is 102 cm³/mol. The molecule has 1 saturated heterocycles. The van der Waals surface area contributed by atoms with Crippen LogP contribution in [0.5, 0.6) is 5.88 Å². The fourth-order valence-corrected chi connectivity index (χ4v) is 3.18. The number of pyridine rings is 2. The molecule has 0 aliphatic carbocycles. The molecule has 8 heteroatoms. The molecule has 144 valence electrons. The van der Waals surface area contributed by atoms with Crippen LogP contribution < -0.4 is 5.32 Å². The van der Waals surface area contributed by atoms with Crippen molar-refractivity contribution in [3.05, 3.63) is 54.6 Å². The van der Waals surface area contributed by atoms with E-state index in [2.05, 4.69) is 20.4 Å². The van der Waals surface area contributed by atoms with E-state index in [1.54, 1.807) is 42.9 Å². The number of amides is 1. The molecule has 2 N–H and O–H groups in total. The zero-order valence-corrected chi connectivity index (χ0v) is 15.3. The van der Waals surface area contributed by atoms with Gasteiger partial charge in [0.15, 0.2) is 5.82 Å². The highest BCUT2D eigenvalue weighted by Crippen LogP contribution is 2.29. The highest BCUT2D eigenvalue weighted by molar-refractivity contribution is 5.93. The third-order valence-electron chi connectivity index (χ3n) is 4.85. The van der Waals surface area contributed by atoms with Gasteiger partial charge in [0.2, 0.25) is 5.88 Å². The Balaban J connectivity index is 1.44. The molecule has 8 nitrogen and oxygen atoms in total. The van der Waals surface area contributed by atoms with Crippen molar-refractivity contribution in [1.82, 2.24) is 25.1 Å². The third-order valence-corrected chi connectivity index (χ3v) is 4.85. The number of aromatic hydroxyl groups is 1. The number of carbonyl (C=O) groups excluding carboxylic acids is 1. The molecular weight excluding hydrogens is 358 g/mol. The van der Waals surface area contributed by atoms with Crippen molar-refractivity contribution in [2.75, 3.05) is 19.8 Å². The van der Waals surface area contributed by atoms with Gasteiger partial charge in [-0.15, -0.1) is 0 Å². The van der Waals surface area contributed by atoms with Crippen molar-refractivity contribution in [3.63, 3.8) is 0 Å². The van der Waals surface area contributed by atoms with Crippen LogP contribution in [0.25, 0.3) is 16.9 Å². The van der Waals surface area contributed by atoms with Crippen molar-refractivity contribution in [3.8, 4) is 22.8 Å². The standard InChI is InChI=1S/C20H21N5O3/c26-19(23-11-14-5-9-28-10-6-14)16-1-2-18(22-12-16)25-20(27)17(13-24-25)15-3-7-21-8-4-15/h1-4,7-8,12-14,27H,5-6,9-11H2,(H,23,26). The Hall–Kier alpha value is -3.26. The quantitative estimate of drug-likeness (QED) is 0.705. The second-order valence-corrected chi connectivity index (χ2v) is 6.70. The predicted octanol–water partition coefficient (Wildman–Crippen LogP) is 2.19. The first kappa shape index (κ1) is 18.1. The molecule has 1 fully saturated rings. The number of aromatic nitrogens is 4. The van der Waals surface area contributed by atoms with Gasteiger partial charge in [0.1, 0.15) is 0 Å². The lowest BCUT2D eigenvalue weighted by Crippen LogP contribution is -2.32. The molecule has 0 radical (unpaired) electrons. The van der Waals surface area contributed by atoms with Crippen LogP contribution in [0.4, 0.5) is 0 Å². The van der Waals surface area contributed by atoms with Crippen LogP contribution in [-0.4, -0.2) is 50.5 Å². The smallest absolute Gasteiger partial charge is 0.252 e. The van der Waals surface area contributed by atoms with E-state index in [1.165, 1.54) is 10.9 Å². The van der Waals surface area contributed by atoms with E-state index in [1.807, 2.05) is 0 Å². The van der Waals surface area contributed by atoms with Gasteiger partial charge >= 0.3 is 0 Å². The monoisotopic (exact) mass is 379 g/mol. The van der Waals surface area contributed by atoms with Gasteiger partial charge in [0.05, 0.1) is 17.3 Å². The molecule has 3 aromatic rings. The zero-order valence-electron chi connectivity index (χ0n) is 15.3. The van der Waals surface area contributed by atoms with E-state index in [0.717, 1.165) is 31.6 Å². The van der Waals surface area contributed by atoms with Crippen LogP contribution in [0.1, 0.15) is 23.2 Å². The minimum atomic E-state index is -0.160. The number of hydrogen-bond acceptors (Lipinski definition) is 6. The van der Waals surface area contributed by atoms with Crippen LogP contribution in [0.15, 0.2) is 49.1 Å². The fourth-order valence-electron chi connectivity index (χ4n) is 3.18.